The summed E-state index contributed by atoms with van der Waals surface area (Å²) in [5.74, 6) is -1.04. The van der Waals surface area contributed by atoms with Crippen molar-refractivity contribution in [1.29, 1.82) is 0 Å². The third-order valence-electron chi connectivity index (χ3n) is 6.95. The van der Waals surface area contributed by atoms with Gasteiger partial charge < -0.3 is 20.3 Å². The Balaban J connectivity index is 1.64. The molecule has 1 aliphatic heterocycles. The van der Waals surface area contributed by atoms with Crippen molar-refractivity contribution >= 4 is 47.0 Å². The van der Waals surface area contributed by atoms with Gasteiger partial charge in [0.15, 0.2) is 0 Å². The van der Waals surface area contributed by atoms with E-state index in [0.29, 0.717) is 21.2 Å². The van der Waals surface area contributed by atoms with E-state index in [1.165, 1.54) is 0 Å². The molecule has 2 aromatic rings. The van der Waals surface area contributed by atoms with E-state index in [4.69, 9.17) is 32.8 Å². The zero-order valence-electron chi connectivity index (χ0n) is 24.4. The van der Waals surface area contributed by atoms with E-state index < -0.39 is 23.0 Å². The van der Waals surface area contributed by atoms with Gasteiger partial charge in [-0.2, -0.15) is 0 Å². The molecule has 1 saturated heterocycles. The lowest BCUT2D eigenvalue weighted by atomic mass is 9.78. The van der Waals surface area contributed by atoms with Crippen molar-refractivity contribution in [3.63, 3.8) is 0 Å². The summed E-state index contributed by atoms with van der Waals surface area (Å²) in [6.07, 6.45) is 0.699. The van der Waals surface area contributed by atoms with Gasteiger partial charge in [-0.3, -0.25) is 19.2 Å². The van der Waals surface area contributed by atoms with Crippen molar-refractivity contribution < 1.29 is 28.8 Å². The molecule has 0 atom stereocenters. The number of hydrogen-bond donors (Lipinski definition) is 3. The molecule has 2 aromatic carbocycles. The van der Waals surface area contributed by atoms with E-state index in [0.717, 1.165) is 12.0 Å². The second-order valence-electron chi connectivity index (χ2n) is 11.2. The Morgan fingerprint density at radius 2 is 1.64 bits per heavy atom. The molecule has 0 bridgehead atoms. The van der Waals surface area contributed by atoms with Gasteiger partial charge in [0.2, 0.25) is 11.8 Å². The number of hydrogen-bond acceptors (Lipinski definition) is 6. The van der Waals surface area contributed by atoms with Crippen LogP contribution in [0.4, 0.5) is 4.79 Å². The number of piperidine rings is 1. The van der Waals surface area contributed by atoms with Crippen LogP contribution >= 0.6 is 23.2 Å². The third kappa shape index (κ3) is 9.34. The van der Waals surface area contributed by atoms with Crippen LogP contribution in [-0.2, 0) is 32.1 Å². The number of amides is 4. The van der Waals surface area contributed by atoms with Gasteiger partial charge in [-0.25, -0.2) is 10.3 Å². The summed E-state index contributed by atoms with van der Waals surface area (Å²) >= 11 is 12.4. The molecule has 0 saturated carbocycles. The fourth-order valence-electron chi connectivity index (χ4n) is 4.43. The number of alkyl carbamates (subject to hydrolysis) is 1. The lowest BCUT2D eigenvalue weighted by Gasteiger charge is -2.40. The van der Waals surface area contributed by atoms with Gasteiger partial charge in [0, 0.05) is 25.2 Å². The number of rotatable bonds is 10. The van der Waals surface area contributed by atoms with Gasteiger partial charge in [0.1, 0.15) is 12.1 Å². The number of likely N-dealkylation sites (tertiary alicyclic amines) is 1. The largest absolute Gasteiger partial charge is 0.444 e. The van der Waals surface area contributed by atoms with Crippen LogP contribution in [0.2, 0.25) is 10.0 Å². The number of nitrogens with zero attached hydrogens (tertiary/aromatic N) is 1. The second kappa shape index (κ2) is 14.7. The first-order valence-electron chi connectivity index (χ1n) is 13.8. The lowest BCUT2D eigenvalue weighted by molar-refractivity contribution is -0.146. The van der Waals surface area contributed by atoms with Crippen molar-refractivity contribution in [2.75, 3.05) is 26.2 Å². The molecule has 12 heteroatoms. The Bertz CT molecular complexity index is 1270. The normalized spacial score (nSPS) is 14.6. The molecule has 0 aromatic heterocycles. The molecule has 1 heterocycles. The van der Waals surface area contributed by atoms with Gasteiger partial charge >= 0.3 is 6.09 Å². The summed E-state index contributed by atoms with van der Waals surface area (Å²) < 4.78 is 5.18. The highest BCUT2D eigenvalue weighted by molar-refractivity contribution is 6.42. The first-order valence-corrected chi connectivity index (χ1v) is 14.6. The van der Waals surface area contributed by atoms with Crippen LogP contribution in [0.25, 0.3) is 0 Å². The molecule has 3 rings (SSSR count). The van der Waals surface area contributed by atoms with E-state index in [2.05, 4.69) is 16.1 Å². The maximum atomic E-state index is 13.6. The highest BCUT2D eigenvalue weighted by Gasteiger charge is 2.43. The fourth-order valence-corrected chi connectivity index (χ4v) is 4.82. The summed E-state index contributed by atoms with van der Waals surface area (Å²) in [6, 6.07) is 12.3. The van der Waals surface area contributed by atoms with Crippen LogP contribution in [-0.4, -0.2) is 60.6 Å². The van der Waals surface area contributed by atoms with Gasteiger partial charge in [0.05, 0.1) is 22.1 Å². The minimum atomic E-state index is -1.04. The zero-order valence-corrected chi connectivity index (χ0v) is 25.9. The van der Waals surface area contributed by atoms with Crippen LogP contribution in [0.1, 0.15) is 62.0 Å². The van der Waals surface area contributed by atoms with Crippen molar-refractivity contribution in [1.82, 2.24) is 21.0 Å². The van der Waals surface area contributed by atoms with Crippen molar-refractivity contribution in [3.05, 3.63) is 69.2 Å². The van der Waals surface area contributed by atoms with Crippen LogP contribution in [0.3, 0.4) is 0 Å². The monoisotopic (exact) mass is 620 g/mol. The Kier molecular flexibility index (Phi) is 11.6. The Labute approximate surface area is 256 Å². The van der Waals surface area contributed by atoms with Gasteiger partial charge in [-0.15, -0.1) is 0 Å². The maximum Gasteiger partial charge on any atom is 0.408 e. The summed E-state index contributed by atoms with van der Waals surface area (Å²) in [7, 11) is 0. The number of nitrogens with one attached hydrogen (secondary N) is 3. The molecule has 0 aliphatic carbocycles. The molecule has 4 amide bonds. The highest BCUT2D eigenvalue weighted by Crippen LogP contribution is 2.33. The Morgan fingerprint density at radius 1 is 0.976 bits per heavy atom. The Morgan fingerprint density at radius 3 is 2.26 bits per heavy atom. The SMILES string of the molecule is CCc1ccc(C(=O)NOCC2(C(=O)NCc3cccc(Cl)c3Cl)CCN(C(=O)CNC(=O)OC(C)(C)C)CC2)cc1. The topological polar surface area (TPSA) is 126 Å². The second-order valence-corrected chi connectivity index (χ2v) is 12.0. The summed E-state index contributed by atoms with van der Waals surface area (Å²) in [4.78, 5) is 58.1. The third-order valence-corrected chi connectivity index (χ3v) is 7.80. The molecule has 1 aliphatic rings. The quantitative estimate of drug-likeness (QED) is 0.331. The first-order chi connectivity index (χ1) is 19.8. The number of carbonyl (C=O) groups is 4. The predicted molar refractivity (Wildman–Crippen MR) is 160 cm³/mol. The summed E-state index contributed by atoms with van der Waals surface area (Å²) in [5.41, 5.74) is 2.90. The molecule has 10 nitrogen and oxygen atoms in total. The first kappa shape index (κ1) is 33.2. The predicted octanol–water partition coefficient (Wildman–Crippen LogP) is 4.67. The zero-order chi connectivity index (χ0) is 30.9. The summed E-state index contributed by atoms with van der Waals surface area (Å²) in [6.45, 7) is 7.51. The van der Waals surface area contributed by atoms with E-state index in [1.54, 1.807) is 56.0 Å². The Hall–Kier alpha value is -3.34. The van der Waals surface area contributed by atoms with Crippen molar-refractivity contribution in [3.8, 4) is 0 Å². The maximum absolute atomic E-state index is 13.6. The molecule has 0 radical (unpaired) electrons. The molecular weight excluding hydrogens is 583 g/mol. The number of hydroxylamine groups is 1. The van der Waals surface area contributed by atoms with Gasteiger partial charge in [0.25, 0.3) is 5.91 Å². The fraction of sp³-hybridized carbons (Fsp3) is 0.467. The van der Waals surface area contributed by atoms with Crippen LogP contribution in [0.5, 0.6) is 0 Å². The summed E-state index contributed by atoms with van der Waals surface area (Å²) in [5, 5.41) is 6.11. The van der Waals surface area contributed by atoms with E-state index in [-0.39, 0.29) is 57.4 Å². The highest BCUT2D eigenvalue weighted by atomic mass is 35.5. The lowest BCUT2D eigenvalue weighted by Crippen LogP contribution is -2.54. The molecule has 3 N–H and O–H groups in total. The van der Waals surface area contributed by atoms with Crippen LogP contribution in [0.15, 0.2) is 42.5 Å². The smallest absolute Gasteiger partial charge is 0.408 e. The van der Waals surface area contributed by atoms with Gasteiger partial charge in [-0.1, -0.05) is 54.4 Å². The van der Waals surface area contributed by atoms with E-state index in [9.17, 15) is 19.2 Å². The minimum Gasteiger partial charge on any atom is -0.444 e. The average molecular weight is 622 g/mol. The molecule has 0 spiro atoms. The van der Waals surface area contributed by atoms with Crippen LogP contribution < -0.4 is 16.1 Å². The van der Waals surface area contributed by atoms with E-state index in [1.807, 2.05) is 19.1 Å². The van der Waals surface area contributed by atoms with Crippen LogP contribution in [0, 0.1) is 5.41 Å². The number of halogens is 2. The molecular formula is C30H38Cl2N4O6. The minimum absolute atomic E-state index is 0.112. The average Bonchev–Trinajstić information content (AvgIpc) is 2.96. The van der Waals surface area contributed by atoms with Crippen molar-refractivity contribution in [2.45, 2.75) is 59.1 Å². The standard InChI is InChI=1S/C30H38Cl2N4O6/c1-5-20-9-11-21(12-10-20)26(38)35-41-19-30(27(39)33-17-22-7-6-8-23(31)25(22)32)13-15-36(16-14-30)24(37)18-34-28(40)42-29(2,3)4/h6-12H,5,13-19H2,1-4H3,(H,33,39)(H,34,40)(H,35,38). The number of aryl methyl sites for hydroxylation is 1. The molecule has 1 fully saturated rings. The number of carbonyl (C=O) groups excluding carboxylic acids is 4. The molecule has 228 valence electrons. The van der Waals surface area contributed by atoms with E-state index >= 15 is 0 Å². The molecule has 42 heavy (non-hydrogen) atoms. The number of ether oxygens (including phenoxy) is 1. The van der Waals surface area contributed by atoms with Gasteiger partial charge in [-0.05, 0) is 69.4 Å². The van der Waals surface area contributed by atoms with Crippen molar-refractivity contribution in [2.24, 2.45) is 5.41 Å². The molecule has 0 unspecified atom stereocenters. The number of benzene rings is 2.